The molecule has 12 rings (SSSR count). The molecule has 0 spiro atoms. The van der Waals surface area contributed by atoms with E-state index in [1.807, 2.05) is 19.6 Å². The number of carbonyl (C=O) groups is 12. The molecule has 0 saturated heterocycles. The minimum Gasteiger partial charge on any atom is -0.549 e. The first-order valence-electron chi connectivity index (χ1n) is 40.5. The SMILES string of the molecule is C=c1ccc2c(c1)Oc1cc(O)ccc1C=2C1C=CC(C(=O)NCCCCC2CN3CCNC(=O)c4cccc(c4O)C(=O)NCCN(CCNC(=O)c4cccc(c4O)C(=O)N2)CCN2CCNC(=O)c4cccc(c4O)C(=O)NCCN(CC3)CC(CCCCNC(=O)CCCC(=O)O)NC(=O)c3cccc(c3O)C(=O)NCC2)=CC1C(=O)[O-]. The fourth-order valence-electron chi connectivity index (χ4n) is 15.3. The smallest absolute Gasteiger partial charge is 0.303 e. The molecular formula is C87H101N14O20-. The minimum atomic E-state index is -1.46. The van der Waals surface area contributed by atoms with Crippen molar-refractivity contribution in [1.82, 2.24) is 72.8 Å². The molecule has 0 aromatic heterocycles. The summed E-state index contributed by atoms with van der Waals surface area (Å²) in [6.07, 6.45) is 5.94. The third-order valence-corrected chi connectivity index (χ3v) is 21.7. The third-order valence-electron chi connectivity index (χ3n) is 21.7. The number of amides is 10. The number of carboxylic acid groups (broad SMARTS) is 2. The van der Waals surface area contributed by atoms with Gasteiger partial charge in [0, 0.05) is 196 Å². The molecule has 34 nitrogen and oxygen atoms in total. The monoisotopic (exact) mass is 1660 g/mol. The highest BCUT2D eigenvalue weighted by molar-refractivity contribution is 6.07. The molecular weight excluding hydrogens is 1560 g/mol. The minimum absolute atomic E-state index is 0.00743. The Morgan fingerprint density at radius 2 is 0.843 bits per heavy atom. The molecule has 0 radical (unpaired) electrons. The number of hydrogen-bond donors (Lipinski definition) is 16. The maximum absolute atomic E-state index is 15.0. The van der Waals surface area contributed by atoms with E-state index in [4.69, 9.17) is 9.84 Å². The topological polar surface area (TPSA) is 492 Å². The van der Waals surface area contributed by atoms with Gasteiger partial charge in [-0.2, -0.15) is 0 Å². The molecule has 6 aromatic rings. The number of fused-ring (bicyclic) bond motifs is 18. The van der Waals surface area contributed by atoms with E-state index in [1.165, 1.54) is 97.1 Å². The highest BCUT2D eigenvalue weighted by Crippen LogP contribution is 2.42. The average molecular weight is 1660 g/mol. The number of carbonyl (C=O) groups excluding carboxylic acids is 11. The van der Waals surface area contributed by atoms with Gasteiger partial charge in [0.2, 0.25) is 5.91 Å². The number of phenolic OH excluding ortho intramolecular Hbond substituents is 5. The van der Waals surface area contributed by atoms with E-state index in [-0.39, 0.29) is 243 Å². The highest BCUT2D eigenvalue weighted by atomic mass is 16.5. The van der Waals surface area contributed by atoms with Crippen molar-refractivity contribution in [3.63, 3.8) is 0 Å². The Hall–Kier alpha value is -13.2. The van der Waals surface area contributed by atoms with Crippen LogP contribution >= 0.6 is 0 Å². The van der Waals surface area contributed by atoms with E-state index < -0.39 is 112 Å². The molecule has 8 unspecified atom stereocenters. The summed E-state index contributed by atoms with van der Waals surface area (Å²) in [4.78, 5) is 174. The van der Waals surface area contributed by atoms with Crippen LogP contribution in [0, 0.1) is 11.8 Å². The van der Waals surface area contributed by atoms with Crippen LogP contribution in [0.2, 0.25) is 0 Å². The number of phenols is 5. The molecule has 16 N–H and O–H groups in total. The molecule has 34 heteroatoms. The molecule has 8 atom stereocenters. The van der Waals surface area contributed by atoms with Crippen LogP contribution in [0.5, 0.6) is 40.2 Å². The van der Waals surface area contributed by atoms with Crippen molar-refractivity contribution in [3.8, 4) is 40.2 Å². The van der Waals surface area contributed by atoms with Crippen molar-refractivity contribution in [2.24, 2.45) is 11.8 Å². The first-order valence-corrected chi connectivity index (χ1v) is 40.5. The number of unbranched alkanes of at least 4 members (excludes halogenated alkanes) is 2. The molecule has 5 heterocycles. The lowest BCUT2D eigenvalue weighted by Gasteiger charge is -2.33. The zero-order chi connectivity index (χ0) is 86.2. The van der Waals surface area contributed by atoms with Gasteiger partial charge >= 0.3 is 5.97 Å². The van der Waals surface area contributed by atoms with Gasteiger partial charge < -0.3 is 98.4 Å². The molecule has 10 amide bonds. The standard InChI is InChI=1S/C87H102N14O20/c1-52-23-26-58-69(47-52)121-70-49-56(102)25-28-59(70)73(58)57-27-24-53(48-68(57)87(119)120)78(110)89-30-5-3-12-55-51-101-42-36-95-82(114)63-16-7-14-61(75(63)107)80(112)91-32-38-99(40-34-93-84(116)65-18-9-20-67(77(65)109)86(118)97-55)44-43-98-37-31-90-79(111)60-13-6-15-62(74(60)106)81(113)94-35-41-100(45-46-101)50-54(11-2-4-29-88-71(103)21-10-22-72(104)105)96-85(117)66-19-8-17-64(76(66)108)83(115)92-33-39-98/h6-9,13-20,23-28,47-49,54-55,57,68,102,106-109H,1-5,10-12,21-22,29-46,50-51H2,(H,88,103)(H,89,110)(H,90,111)(H,91,112)(H,92,115)(H,93,116)(H,94,113)(H,95,114)(H,96,117)(H,97,118)(H,104,105)(H,119,120)/p-1. The molecule has 0 fully saturated rings. The van der Waals surface area contributed by atoms with Crippen LogP contribution in [0.25, 0.3) is 12.2 Å². The fourth-order valence-corrected chi connectivity index (χ4v) is 15.3. The summed E-state index contributed by atoms with van der Waals surface area (Å²) in [6.45, 7) is 4.37. The number of rotatable bonds is 17. The summed E-state index contributed by atoms with van der Waals surface area (Å²) < 4.78 is 6.15. The maximum atomic E-state index is 15.0. The van der Waals surface area contributed by atoms with Crippen molar-refractivity contribution in [2.75, 3.05) is 131 Å². The second kappa shape index (κ2) is 42.5. The van der Waals surface area contributed by atoms with Crippen LogP contribution in [0.4, 0.5) is 0 Å². The number of para-hydroxylation sites is 4. The summed E-state index contributed by atoms with van der Waals surface area (Å²) in [6, 6.07) is 24.5. The van der Waals surface area contributed by atoms with Gasteiger partial charge in [-0.25, -0.2) is 0 Å². The van der Waals surface area contributed by atoms with E-state index in [1.54, 1.807) is 30.3 Å². The first-order chi connectivity index (χ1) is 58.3. The number of nitrogens with zero attached hydrogens (tertiary/aromatic N) is 4. The second-order valence-electron chi connectivity index (χ2n) is 30.2. The molecule has 5 aliphatic heterocycles. The van der Waals surface area contributed by atoms with Crippen molar-refractivity contribution < 1.29 is 98.0 Å². The average Bonchev–Trinajstić information content (AvgIpc) is 0.742. The Balaban J connectivity index is 0.947. The van der Waals surface area contributed by atoms with Gasteiger partial charge in [0.15, 0.2) is 0 Å². The van der Waals surface area contributed by atoms with Gasteiger partial charge in [-0.3, -0.25) is 72.3 Å². The lowest BCUT2D eigenvalue weighted by Crippen LogP contribution is -2.50. The molecule has 12 bridgehead atoms. The lowest BCUT2D eigenvalue weighted by molar-refractivity contribution is -0.310. The van der Waals surface area contributed by atoms with Gasteiger partial charge in [0.05, 0.1) is 44.5 Å². The van der Waals surface area contributed by atoms with Crippen LogP contribution in [0.15, 0.2) is 133 Å². The van der Waals surface area contributed by atoms with E-state index in [9.17, 15) is 83.4 Å². The number of allylic oxidation sites excluding steroid dienone is 1. The van der Waals surface area contributed by atoms with Crippen molar-refractivity contribution in [2.45, 2.75) is 69.9 Å². The Morgan fingerprint density at radius 3 is 1.26 bits per heavy atom. The number of carboxylic acids is 2. The lowest BCUT2D eigenvalue weighted by atomic mass is 9.76. The fraction of sp³-hybridized carbons (Fsp3) is 0.379. The van der Waals surface area contributed by atoms with Crippen LogP contribution in [0.1, 0.15) is 146 Å². The summed E-state index contributed by atoms with van der Waals surface area (Å²) in [5, 5.41) is 110. The zero-order valence-corrected chi connectivity index (χ0v) is 66.8. The van der Waals surface area contributed by atoms with Crippen molar-refractivity contribution in [1.29, 1.82) is 0 Å². The summed E-state index contributed by atoms with van der Waals surface area (Å²) in [5.41, 5.74) is -0.813. The van der Waals surface area contributed by atoms with E-state index in [0.717, 1.165) is 0 Å². The van der Waals surface area contributed by atoms with E-state index in [2.05, 4.69) is 59.7 Å². The van der Waals surface area contributed by atoms with Gasteiger partial charge in [-0.15, -0.1) is 0 Å². The van der Waals surface area contributed by atoms with E-state index in [0.29, 0.717) is 40.2 Å². The zero-order valence-electron chi connectivity index (χ0n) is 66.8. The second-order valence-corrected chi connectivity index (χ2v) is 30.2. The van der Waals surface area contributed by atoms with Crippen LogP contribution < -0.4 is 73.4 Å². The molecule has 6 aliphatic rings. The first kappa shape index (κ1) is 88.6. The quantitative estimate of drug-likeness (QED) is 0.0563. The van der Waals surface area contributed by atoms with Gasteiger partial charge in [0.25, 0.3) is 53.2 Å². The third kappa shape index (κ3) is 23.9. The van der Waals surface area contributed by atoms with Crippen molar-refractivity contribution in [3.05, 3.63) is 194 Å². The number of benzene rings is 6. The number of aromatic hydroxyl groups is 5. The summed E-state index contributed by atoms with van der Waals surface area (Å²) in [5.74, 6) is -13.7. The van der Waals surface area contributed by atoms with E-state index >= 15 is 4.79 Å². The summed E-state index contributed by atoms with van der Waals surface area (Å²) in [7, 11) is 0. The van der Waals surface area contributed by atoms with Gasteiger partial charge in [0.1, 0.15) is 40.2 Å². The Bertz CT molecular complexity index is 5090. The Kier molecular flexibility index (Phi) is 31.1. The number of aliphatic carboxylic acids is 2. The Labute approximate surface area is 697 Å². The van der Waals surface area contributed by atoms with Gasteiger partial charge in [-0.05, 0) is 122 Å². The molecule has 640 valence electrons. The van der Waals surface area contributed by atoms with Crippen LogP contribution in [-0.2, 0) is 19.2 Å². The number of hydrogen-bond acceptors (Lipinski definition) is 23. The van der Waals surface area contributed by atoms with Gasteiger partial charge in [-0.1, -0.05) is 61.2 Å². The molecule has 121 heavy (non-hydrogen) atoms. The number of nitrogens with one attached hydrogen (secondary N) is 10. The van der Waals surface area contributed by atoms with Crippen molar-refractivity contribution >= 4 is 83.2 Å². The number of ether oxygens (including phenoxy) is 1. The highest BCUT2D eigenvalue weighted by Gasteiger charge is 2.34. The predicted molar refractivity (Wildman–Crippen MR) is 441 cm³/mol. The predicted octanol–water partition coefficient (Wildman–Crippen LogP) is 0.861. The molecule has 1 aliphatic carbocycles. The molecule has 0 saturated carbocycles. The molecule has 6 aromatic carbocycles. The Morgan fingerprint density at radius 1 is 0.446 bits per heavy atom. The maximum Gasteiger partial charge on any atom is 0.303 e. The largest absolute Gasteiger partial charge is 0.549 e. The summed E-state index contributed by atoms with van der Waals surface area (Å²) >= 11 is 0. The van der Waals surface area contributed by atoms with Crippen LogP contribution in [0.3, 0.4) is 0 Å². The normalized spacial score (nSPS) is 21.3. The van der Waals surface area contributed by atoms with Crippen LogP contribution in [-0.4, -0.2) is 264 Å².